The molecule has 236 valence electrons. The molecule has 0 saturated heterocycles. The van der Waals surface area contributed by atoms with Crippen molar-refractivity contribution in [2.24, 2.45) is 0 Å². The molecule has 2 heterocycles. The minimum Gasteiger partial charge on any atom is -0.383 e. The zero-order valence-corrected chi connectivity index (χ0v) is 25.2. The van der Waals surface area contributed by atoms with Crippen molar-refractivity contribution in [1.29, 1.82) is 0 Å². The number of anilines is 1. The third kappa shape index (κ3) is 7.35. The van der Waals surface area contributed by atoms with E-state index in [1.165, 1.54) is 20.3 Å². The summed E-state index contributed by atoms with van der Waals surface area (Å²) < 4.78 is 64.5. The van der Waals surface area contributed by atoms with Crippen LogP contribution in [0.2, 0.25) is 0 Å². The van der Waals surface area contributed by atoms with Crippen LogP contribution in [-0.2, 0) is 29.2 Å². The highest BCUT2D eigenvalue weighted by Gasteiger charge is 2.29. The number of nitrogens with zero attached hydrogens (tertiary/aromatic N) is 3. The largest absolute Gasteiger partial charge is 0.383 e. The first-order chi connectivity index (χ1) is 20.8. The maximum atomic E-state index is 14.7. The van der Waals surface area contributed by atoms with Gasteiger partial charge >= 0.3 is 11.7 Å². The van der Waals surface area contributed by atoms with Crippen LogP contribution < -0.4 is 22.0 Å². The van der Waals surface area contributed by atoms with Crippen LogP contribution in [0.25, 0.3) is 20.7 Å². The van der Waals surface area contributed by atoms with Crippen molar-refractivity contribution in [1.82, 2.24) is 19.5 Å². The number of nitrogens with one attached hydrogen (secondary N) is 2. The number of alkyl halides is 2. The van der Waals surface area contributed by atoms with Crippen LogP contribution in [-0.4, -0.2) is 60.4 Å². The van der Waals surface area contributed by atoms with Crippen molar-refractivity contribution < 1.29 is 31.9 Å². The molecule has 0 radical (unpaired) electrons. The Bertz CT molecular complexity index is 1750. The summed E-state index contributed by atoms with van der Waals surface area (Å²) >= 11 is 1.02. The number of ether oxygens (including phenoxy) is 1. The molecule has 0 saturated carbocycles. The van der Waals surface area contributed by atoms with Crippen LogP contribution in [0.3, 0.4) is 0 Å². The van der Waals surface area contributed by atoms with E-state index in [-0.39, 0.29) is 16.8 Å². The van der Waals surface area contributed by atoms with Gasteiger partial charge in [-0.15, -0.1) is 11.3 Å². The number of rotatable bonds is 12. The van der Waals surface area contributed by atoms with Gasteiger partial charge in [-0.25, -0.2) is 32.6 Å². The Labute approximate surface area is 253 Å². The highest BCUT2D eigenvalue weighted by molar-refractivity contribution is 7.22. The highest BCUT2D eigenvalue weighted by atomic mass is 32.1. The van der Waals surface area contributed by atoms with Crippen LogP contribution in [0, 0.1) is 11.6 Å². The summed E-state index contributed by atoms with van der Waals surface area (Å²) in [6.45, 7) is -0.328. The zero-order chi connectivity index (χ0) is 32.2. The Morgan fingerprint density at radius 2 is 1.68 bits per heavy atom. The first-order valence-corrected chi connectivity index (χ1v) is 14.1. The number of carbonyl (C=O) groups is 1. The van der Waals surface area contributed by atoms with E-state index < -0.39 is 53.5 Å². The van der Waals surface area contributed by atoms with Crippen LogP contribution in [0.1, 0.15) is 18.1 Å². The fourth-order valence-corrected chi connectivity index (χ4v) is 5.95. The highest BCUT2D eigenvalue weighted by Crippen LogP contribution is 2.38. The molecule has 0 bridgehead atoms. The van der Waals surface area contributed by atoms with E-state index in [2.05, 4.69) is 15.6 Å². The molecule has 0 aliphatic heterocycles. The molecular formula is C29H31F4N5O5S. The lowest BCUT2D eigenvalue weighted by Gasteiger charge is -2.18. The summed E-state index contributed by atoms with van der Waals surface area (Å²) in [6, 6.07) is 9.15. The minimum atomic E-state index is -3.44. The van der Waals surface area contributed by atoms with Crippen LogP contribution in [0.4, 0.5) is 28.0 Å². The Morgan fingerprint density at radius 1 is 1.02 bits per heavy atom. The maximum absolute atomic E-state index is 14.7. The fraction of sp³-hybridized carbons (Fsp3) is 0.345. The maximum Gasteiger partial charge on any atom is 0.343 e. The summed E-state index contributed by atoms with van der Waals surface area (Å²) in [7, 11) is 4.59. The average molecular weight is 638 g/mol. The van der Waals surface area contributed by atoms with E-state index in [1.54, 1.807) is 31.3 Å². The first-order valence-electron chi connectivity index (χ1n) is 13.3. The van der Waals surface area contributed by atoms with Gasteiger partial charge in [0.05, 0.1) is 32.2 Å². The number of thiophene rings is 1. The minimum absolute atomic E-state index is 0.0171. The molecule has 44 heavy (non-hydrogen) atoms. The molecule has 2 aromatic heterocycles. The van der Waals surface area contributed by atoms with Gasteiger partial charge in [-0.1, -0.05) is 18.2 Å². The summed E-state index contributed by atoms with van der Waals surface area (Å²) in [5, 5.41) is 2.56. The fourth-order valence-electron chi connectivity index (χ4n) is 4.65. The number of likely N-dealkylation sites (N-methyl/N-ethyl adjacent to an activating group) is 1. The molecule has 15 heteroatoms. The Balaban J connectivity index is 1.99. The molecule has 4 rings (SSSR count). The molecule has 10 nitrogen and oxygen atoms in total. The van der Waals surface area contributed by atoms with E-state index in [9.17, 15) is 31.9 Å². The smallest absolute Gasteiger partial charge is 0.343 e. The monoisotopic (exact) mass is 637 g/mol. The Morgan fingerprint density at radius 3 is 2.27 bits per heavy atom. The van der Waals surface area contributed by atoms with Crippen LogP contribution >= 0.6 is 11.3 Å². The lowest BCUT2D eigenvalue weighted by molar-refractivity contribution is 0.00159. The molecule has 0 aliphatic rings. The van der Waals surface area contributed by atoms with Crippen molar-refractivity contribution in [2.75, 3.05) is 39.7 Å². The van der Waals surface area contributed by atoms with Gasteiger partial charge in [-0.05, 0) is 42.4 Å². The third-order valence-corrected chi connectivity index (χ3v) is 7.98. The molecule has 4 aromatic rings. The topological polar surface area (TPSA) is 107 Å². The third-order valence-electron chi connectivity index (χ3n) is 6.67. The van der Waals surface area contributed by atoms with E-state index in [0.717, 1.165) is 28.0 Å². The number of hydrogen-bond acceptors (Lipinski definition) is 7. The molecule has 2 amide bonds. The van der Waals surface area contributed by atoms with Gasteiger partial charge in [0.1, 0.15) is 16.5 Å². The van der Waals surface area contributed by atoms with Crippen LogP contribution in [0.5, 0.6) is 0 Å². The Hall–Kier alpha value is -4.05. The second kappa shape index (κ2) is 13.7. The van der Waals surface area contributed by atoms with E-state index >= 15 is 0 Å². The van der Waals surface area contributed by atoms with E-state index in [4.69, 9.17) is 4.74 Å². The molecule has 0 aliphatic carbocycles. The number of benzene rings is 2. The van der Waals surface area contributed by atoms with Crippen molar-refractivity contribution >= 4 is 33.3 Å². The van der Waals surface area contributed by atoms with E-state index in [0.29, 0.717) is 46.3 Å². The molecule has 0 unspecified atom stereocenters. The SMILES string of the molecule is COCCN(C)Cc1c(-c2ccc(NC(=O)NOC)cc2)sc2c1c(=O)n(CC(C)(F)F)c(=O)n2Cc1c(F)cccc1F. The first kappa shape index (κ1) is 32.9. The number of hydroxylamine groups is 1. The summed E-state index contributed by atoms with van der Waals surface area (Å²) in [5.74, 6) is -5.30. The Kier molecular flexibility index (Phi) is 10.2. The summed E-state index contributed by atoms with van der Waals surface area (Å²) in [4.78, 5) is 46.3. The van der Waals surface area contributed by atoms with Gasteiger partial charge in [0.25, 0.3) is 11.5 Å². The number of fused-ring (bicyclic) bond motifs is 1. The van der Waals surface area contributed by atoms with Crippen molar-refractivity contribution in [3.63, 3.8) is 0 Å². The summed E-state index contributed by atoms with van der Waals surface area (Å²) in [5.41, 5.74) is 1.05. The molecule has 2 aromatic carbocycles. The van der Waals surface area contributed by atoms with E-state index in [1.807, 2.05) is 4.90 Å². The van der Waals surface area contributed by atoms with Gasteiger partial charge in [-0.2, -0.15) is 0 Å². The van der Waals surface area contributed by atoms with Crippen molar-refractivity contribution in [2.45, 2.75) is 32.5 Å². The quantitative estimate of drug-likeness (QED) is 0.173. The molecule has 2 N–H and O–H groups in total. The molecule has 0 spiro atoms. The van der Waals surface area contributed by atoms with Gasteiger partial charge in [-0.3, -0.25) is 23.7 Å². The number of amides is 2. The molecule has 0 atom stereocenters. The average Bonchev–Trinajstić information content (AvgIpc) is 3.32. The number of halogens is 4. The number of hydrogen-bond donors (Lipinski definition) is 2. The standard InChI is InChI=1S/C29H31F4N5O5S/c1-29(32,33)16-38-25(39)23-20(14-36(2)12-13-42-3)24(17-8-10-18(11-9-17)34-27(40)35-43-4)44-26(23)37(28(38)41)15-19-21(30)6-5-7-22(19)31/h5-11H,12-16H2,1-4H3,(H2,34,35,40). The number of aromatic nitrogens is 2. The lowest BCUT2D eigenvalue weighted by Crippen LogP contribution is -2.43. The number of carbonyl (C=O) groups excluding carboxylic acids is 1. The van der Waals surface area contributed by atoms with Gasteiger partial charge in [0, 0.05) is 43.3 Å². The van der Waals surface area contributed by atoms with Crippen molar-refractivity contribution in [3.05, 3.63) is 86.1 Å². The normalized spacial score (nSPS) is 11.8. The number of methoxy groups -OCH3 is 1. The van der Waals surface area contributed by atoms with Crippen molar-refractivity contribution in [3.8, 4) is 10.4 Å². The molecule has 0 fully saturated rings. The lowest BCUT2D eigenvalue weighted by atomic mass is 10.1. The second-order valence-electron chi connectivity index (χ2n) is 10.2. The molecular weight excluding hydrogens is 606 g/mol. The predicted octanol–water partition coefficient (Wildman–Crippen LogP) is 4.63. The van der Waals surface area contributed by atoms with Gasteiger partial charge in [0.15, 0.2) is 0 Å². The summed E-state index contributed by atoms with van der Waals surface area (Å²) in [6.07, 6.45) is 0. The van der Waals surface area contributed by atoms with Gasteiger partial charge < -0.3 is 10.1 Å². The second-order valence-corrected chi connectivity index (χ2v) is 11.2. The number of urea groups is 1. The van der Waals surface area contributed by atoms with Gasteiger partial charge in [0.2, 0.25) is 0 Å². The predicted molar refractivity (Wildman–Crippen MR) is 159 cm³/mol. The van der Waals surface area contributed by atoms with Crippen LogP contribution in [0.15, 0.2) is 52.1 Å². The zero-order valence-electron chi connectivity index (χ0n) is 24.4.